The fourth-order valence-electron chi connectivity index (χ4n) is 6.25. The molecule has 0 heterocycles. The van der Waals surface area contributed by atoms with Crippen molar-refractivity contribution in [3.05, 3.63) is 102 Å². The highest BCUT2D eigenvalue weighted by Crippen LogP contribution is 2.51. The highest BCUT2D eigenvalue weighted by molar-refractivity contribution is 9.09. The summed E-state index contributed by atoms with van der Waals surface area (Å²) in [4.78, 5) is 0.326. The van der Waals surface area contributed by atoms with Gasteiger partial charge in [-0.1, -0.05) is 133 Å². The third kappa shape index (κ3) is 13.3. The van der Waals surface area contributed by atoms with Gasteiger partial charge in [-0.25, -0.2) is 8.42 Å². The highest BCUT2D eigenvalue weighted by Gasteiger charge is 2.50. The largest absolute Gasteiger partial charge is 0.356 e. The minimum absolute atomic E-state index is 0.0147. The van der Waals surface area contributed by atoms with E-state index in [9.17, 15) is 8.42 Å². The zero-order valence-electron chi connectivity index (χ0n) is 30.8. The molecule has 1 aliphatic rings. The summed E-state index contributed by atoms with van der Waals surface area (Å²) in [5.74, 6) is -0.377. The van der Waals surface area contributed by atoms with Crippen molar-refractivity contribution in [1.29, 1.82) is 0 Å². The molecule has 3 rings (SSSR count). The number of ether oxygens (including phenoxy) is 4. The van der Waals surface area contributed by atoms with E-state index in [-0.39, 0.29) is 37.3 Å². The van der Waals surface area contributed by atoms with Crippen molar-refractivity contribution in [2.75, 3.05) is 31.3 Å². The molecule has 0 amide bonds. The van der Waals surface area contributed by atoms with Gasteiger partial charge in [0.05, 0.1) is 29.5 Å². The van der Waals surface area contributed by atoms with Crippen LogP contribution in [0.15, 0.2) is 101 Å². The molecule has 272 valence electrons. The van der Waals surface area contributed by atoms with Crippen molar-refractivity contribution in [3.63, 3.8) is 0 Å². The fourth-order valence-corrected chi connectivity index (χ4v) is 9.24. The smallest absolute Gasteiger partial charge is 0.179 e. The van der Waals surface area contributed by atoms with Crippen LogP contribution >= 0.6 is 15.9 Å². The SMILES string of the molecule is C=C1[C@H]([C@H](/C=C(\C)CC/C=C(\C)CBr)OCOCc2ccccc2)[C@@H](OCOCC[Si](C)(C)C)C[C@@H](C)[C@]1(C)CS(=O)(=O)c1ccccc1. The molecule has 6 nitrogen and oxygen atoms in total. The van der Waals surface area contributed by atoms with E-state index in [0.717, 1.165) is 35.4 Å². The van der Waals surface area contributed by atoms with Crippen LogP contribution in [0.2, 0.25) is 25.7 Å². The average molecular weight is 776 g/mol. The Balaban J connectivity index is 1.94. The van der Waals surface area contributed by atoms with Gasteiger partial charge in [-0.3, -0.25) is 0 Å². The van der Waals surface area contributed by atoms with Gasteiger partial charge >= 0.3 is 0 Å². The van der Waals surface area contributed by atoms with Crippen molar-refractivity contribution in [1.82, 2.24) is 0 Å². The van der Waals surface area contributed by atoms with E-state index in [1.165, 1.54) is 11.1 Å². The summed E-state index contributed by atoms with van der Waals surface area (Å²) in [5, 5.41) is 0.851. The number of sulfone groups is 1. The van der Waals surface area contributed by atoms with Crippen LogP contribution in [0, 0.1) is 17.3 Å². The molecule has 0 radical (unpaired) electrons. The van der Waals surface area contributed by atoms with Crippen LogP contribution in [0.25, 0.3) is 0 Å². The van der Waals surface area contributed by atoms with Crippen molar-refractivity contribution >= 4 is 33.8 Å². The van der Waals surface area contributed by atoms with Crippen LogP contribution in [0.1, 0.15) is 52.5 Å². The summed E-state index contributed by atoms with van der Waals surface area (Å²) in [6.45, 7) is 21.4. The van der Waals surface area contributed by atoms with E-state index in [1.807, 2.05) is 43.3 Å². The Morgan fingerprint density at radius 3 is 2.31 bits per heavy atom. The van der Waals surface area contributed by atoms with Gasteiger partial charge in [0, 0.05) is 31.3 Å². The van der Waals surface area contributed by atoms with E-state index in [4.69, 9.17) is 18.9 Å². The van der Waals surface area contributed by atoms with Crippen LogP contribution in [0.3, 0.4) is 0 Å². The predicted octanol–water partition coefficient (Wildman–Crippen LogP) is 10.0. The normalized spacial score (nSPS) is 23.1. The molecule has 0 spiro atoms. The van der Waals surface area contributed by atoms with Crippen molar-refractivity contribution in [2.45, 2.75) is 96.4 Å². The zero-order valence-corrected chi connectivity index (χ0v) is 34.2. The van der Waals surface area contributed by atoms with Crippen LogP contribution < -0.4 is 0 Å². The van der Waals surface area contributed by atoms with Gasteiger partial charge in [-0.05, 0) is 62.8 Å². The zero-order chi connectivity index (χ0) is 36.1. The second kappa shape index (κ2) is 19.7. The van der Waals surface area contributed by atoms with Crippen LogP contribution in [0.4, 0.5) is 0 Å². The standard InChI is InChI=1S/C40H59BrO6SSi/c1-31(16-15-17-32(2)26-41)24-37(47-30-45-27-35-18-11-9-12-19-35)39-34(4)40(5,28-48(42,43)36-20-13-10-14-21-36)33(3)25-38(39)46-29-44-22-23-49(6,7)8/h9-14,17-21,24,33,37-39H,4,15-16,22-23,25-30H2,1-3,5-8H3/b31-24+,32-17+/t33-,37+,38+,39-,40+/m1/s1. The molecule has 49 heavy (non-hydrogen) atoms. The van der Waals surface area contributed by atoms with Gasteiger partial charge in [0.2, 0.25) is 0 Å². The molecule has 0 N–H and O–H groups in total. The van der Waals surface area contributed by atoms with E-state index in [2.05, 4.69) is 75.1 Å². The van der Waals surface area contributed by atoms with E-state index in [1.54, 1.807) is 24.3 Å². The second-order valence-corrected chi connectivity index (χ2v) is 23.2. The summed E-state index contributed by atoms with van der Waals surface area (Å²) < 4.78 is 52.8. The molecule has 1 saturated carbocycles. The molecular weight excluding hydrogens is 716 g/mol. The van der Waals surface area contributed by atoms with Crippen molar-refractivity contribution in [2.24, 2.45) is 17.3 Å². The summed E-state index contributed by atoms with van der Waals surface area (Å²) in [6.07, 6.45) is 6.13. The van der Waals surface area contributed by atoms with Crippen LogP contribution in [-0.2, 0) is 35.4 Å². The summed E-state index contributed by atoms with van der Waals surface area (Å²) in [5.41, 5.74) is 3.64. The minimum Gasteiger partial charge on any atom is -0.356 e. The molecule has 0 aromatic heterocycles. The lowest BCUT2D eigenvalue weighted by atomic mass is 9.60. The lowest BCUT2D eigenvalue weighted by molar-refractivity contribution is -0.154. The van der Waals surface area contributed by atoms with E-state index >= 15 is 0 Å². The van der Waals surface area contributed by atoms with Gasteiger partial charge in [0.15, 0.2) is 9.84 Å². The Hall–Kier alpha value is -1.85. The Bertz CT molecular complexity index is 1470. The van der Waals surface area contributed by atoms with Crippen molar-refractivity contribution in [3.8, 4) is 0 Å². The number of rotatable bonds is 20. The second-order valence-electron chi connectivity index (χ2n) is 15.0. The molecule has 1 fully saturated rings. The molecule has 0 unspecified atom stereocenters. The van der Waals surface area contributed by atoms with Crippen molar-refractivity contribution < 1.29 is 27.4 Å². The van der Waals surface area contributed by atoms with E-state index < -0.39 is 29.4 Å². The van der Waals surface area contributed by atoms with Gasteiger partial charge in [-0.2, -0.15) is 0 Å². The molecule has 2 aromatic rings. The molecule has 1 aliphatic carbocycles. The first kappa shape index (κ1) is 41.6. The lowest BCUT2D eigenvalue weighted by Crippen LogP contribution is -2.51. The first-order chi connectivity index (χ1) is 23.2. The summed E-state index contributed by atoms with van der Waals surface area (Å²) in [6, 6.07) is 19.8. The molecule has 0 bridgehead atoms. The first-order valence-corrected chi connectivity index (χ1v) is 23.9. The van der Waals surface area contributed by atoms with Gasteiger partial charge in [0.1, 0.15) is 13.6 Å². The molecule has 9 heteroatoms. The number of hydrogen-bond acceptors (Lipinski definition) is 6. The summed E-state index contributed by atoms with van der Waals surface area (Å²) in [7, 11) is -4.85. The quantitative estimate of drug-likeness (QED) is 0.0439. The number of benzene rings is 2. The van der Waals surface area contributed by atoms with E-state index in [0.29, 0.717) is 24.5 Å². The Morgan fingerprint density at radius 2 is 1.67 bits per heavy atom. The lowest BCUT2D eigenvalue weighted by Gasteiger charge is -2.50. The maximum absolute atomic E-state index is 13.8. The number of halogens is 1. The van der Waals surface area contributed by atoms with Gasteiger partial charge in [-0.15, -0.1) is 0 Å². The first-order valence-electron chi connectivity index (χ1n) is 17.4. The number of hydrogen-bond donors (Lipinski definition) is 0. The van der Waals surface area contributed by atoms with Crippen LogP contribution in [0.5, 0.6) is 0 Å². The molecule has 0 saturated heterocycles. The predicted molar refractivity (Wildman–Crippen MR) is 208 cm³/mol. The maximum Gasteiger partial charge on any atom is 0.179 e. The topological polar surface area (TPSA) is 71.1 Å². The maximum atomic E-state index is 13.8. The van der Waals surface area contributed by atoms with Gasteiger partial charge < -0.3 is 18.9 Å². The number of alkyl halides is 1. The number of allylic oxidation sites excluding steroid dienone is 3. The fraction of sp³-hybridized carbons (Fsp3) is 0.550. The monoisotopic (exact) mass is 774 g/mol. The molecule has 0 aliphatic heterocycles. The molecule has 2 aromatic carbocycles. The van der Waals surface area contributed by atoms with Gasteiger partial charge in [0.25, 0.3) is 0 Å². The summed E-state index contributed by atoms with van der Waals surface area (Å²) >= 11 is 3.54. The third-order valence-corrected chi connectivity index (χ3v) is 14.2. The molecule has 5 atom stereocenters. The Kier molecular flexibility index (Phi) is 16.7. The average Bonchev–Trinajstić information content (AvgIpc) is 3.05. The Labute approximate surface area is 306 Å². The Morgan fingerprint density at radius 1 is 1.02 bits per heavy atom. The minimum atomic E-state index is -3.60. The van der Waals surface area contributed by atoms with Crippen LogP contribution in [-0.4, -0.2) is 60.0 Å². The molecular formula is C40H59BrO6SSi. The third-order valence-electron chi connectivity index (χ3n) is 9.66. The highest BCUT2D eigenvalue weighted by atomic mass is 79.9.